The molecule has 0 spiro atoms. The minimum atomic E-state index is -4.82. The number of rotatable bonds is 5. The van der Waals surface area contributed by atoms with Crippen molar-refractivity contribution in [2.45, 2.75) is 12.9 Å². The van der Waals surface area contributed by atoms with E-state index in [1.807, 2.05) is 0 Å². The number of hydrogen-bond acceptors (Lipinski definition) is 3. The highest BCUT2D eigenvalue weighted by Crippen LogP contribution is 2.26. The number of alkyl halides is 4. The van der Waals surface area contributed by atoms with Gasteiger partial charge in [0, 0.05) is 12.1 Å². The van der Waals surface area contributed by atoms with Crippen molar-refractivity contribution in [1.29, 1.82) is 0 Å². The lowest BCUT2D eigenvalue weighted by Gasteiger charge is -2.13. The summed E-state index contributed by atoms with van der Waals surface area (Å²) in [6.45, 7) is -0.278. The number of hydrogen-bond donors (Lipinski definition) is 1. The van der Waals surface area contributed by atoms with Crippen LogP contribution in [-0.4, -0.2) is 19.4 Å². The first kappa shape index (κ1) is 15.3. The first-order chi connectivity index (χ1) is 8.23. The molecule has 0 atom stereocenters. The van der Waals surface area contributed by atoms with Crippen LogP contribution in [-0.2, 0) is 16.6 Å². The van der Waals surface area contributed by atoms with Crippen molar-refractivity contribution in [2.75, 3.05) is 4.66 Å². The van der Waals surface area contributed by atoms with E-state index >= 15 is 0 Å². The minimum Gasteiger partial charge on any atom is -0.405 e. The van der Waals surface area contributed by atoms with E-state index in [4.69, 9.17) is 0 Å². The van der Waals surface area contributed by atoms with Crippen LogP contribution in [0, 0.1) is 0 Å². The number of sulfonamides is 1. The molecule has 0 aliphatic carbocycles. The highest BCUT2D eigenvalue weighted by Gasteiger charge is 2.32. The molecule has 1 rings (SSSR count). The topological polar surface area (TPSA) is 55.4 Å². The Morgan fingerprint density at radius 2 is 1.89 bits per heavy atom. The van der Waals surface area contributed by atoms with E-state index in [1.165, 1.54) is 18.2 Å². The third kappa shape index (κ3) is 5.23. The van der Waals surface area contributed by atoms with Crippen molar-refractivity contribution >= 4 is 26.0 Å². The summed E-state index contributed by atoms with van der Waals surface area (Å²) in [6, 6.07) is 5.31. The molecule has 1 aromatic rings. The first-order valence-electron chi connectivity index (χ1n) is 4.60. The Kier molecular flexibility index (Phi) is 5.00. The lowest BCUT2D eigenvalue weighted by atomic mass is 10.2. The Hall–Kier alpha value is -0.800. The molecule has 102 valence electrons. The highest BCUT2D eigenvalue weighted by molar-refractivity contribution is 9.10. The molecule has 0 aromatic heterocycles. The molecule has 4 nitrogen and oxygen atoms in total. The van der Waals surface area contributed by atoms with E-state index < -0.39 is 22.1 Å². The molecule has 1 aromatic carbocycles. The van der Waals surface area contributed by atoms with Gasteiger partial charge in [-0.25, -0.2) is 13.1 Å². The second kappa shape index (κ2) is 5.89. The number of ether oxygens (including phenoxy) is 1. The summed E-state index contributed by atoms with van der Waals surface area (Å²) < 4.78 is 64.2. The van der Waals surface area contributed by atoms with Crippen LogP contribution in [0.15, 0.2) is 24.3 Å². The minimum absolute atomic E-state index is 0.0966. The summed E-state index contributed by atoms with van der Waals surface area (Å²) in [7, 11) is -3.55. The molecule has 0 amide bonds. The largest absolute Gasteiger partial charge is 0.573 e. The quantitative estimate of drug-likeness (QED) is 0.832. The second-order valence-corrected chi connectivity index (χ2v) is 6.31. The van der Waals surface area contributed by atoms with E-state index in [1.54, 1.807) is 0 Å². The van der Waals surface area contributed by atoms with Crippen LogP contribution in [0.3, 0.4) is 0 Å². The standard InChI is InChI=1S/C9H9BrF3NO3S/c10-6-18(15,16)14-5-7-3-1-2-4-8(7)17-9(11,12)13/h1-4,14H,5-6H2. The third-order valence-electron chi connectivity index (χ3n) is 1.82. The van der Waals surface area contributed by atoms with Crippen molar-refractivity contribution < 1.29 is 26.3 Å². The molecule has 0 radical (unpaired) electrons. The van der Waals surface area contributed by atoms with E-state index in [0.29, 0.717) is 0 Å². The molecule has 0 unspecified atom stereocenters. The predicted octanol–water partition coefficient (Wildman–Crippen LogP) is 2.36. The molecule has 0 aliphatic heterocycles. The van der Waals surface area contributed by atoms with Crippen molar-refractivity contribution in [3.63, 3.8) is 0 Å². The number of nitrogens with one attached hydrogen (secondary N) is 1. The lowest BCUT2D eigenvalue weighted by molar-refractivity contribution is -0.274. The highest BCUT2D eigenvalue weighted by atomic mass is 79.9. The summed E-state index contributed by atoms with van der Waals surface area (Å²) >= 11 is 2.75. The first-order valence-corrected chi connectivity index (χ1v) is 7.38. The zero-order valence-corrected chi connectivity index (χ0v) is 11.3. The monoisotopic (exact) mass is 347 g/mol. The summed E-state index contributed by atoms with van der Waals surface area (Å²) in [5.74, 6) is -0.428. The zero-order chi connectivity index (χ0) is 13.8. The van der Waals surface area contributed by atoms with Crippen LogP contribution >= 0.6 is 15.9 Å². The lowest BCUT2D eigenvalue weighted by Crippen LogP contribution is -2.25. The fourth-order valence-electron chi connectivity index (χ4n) is 1.10. The van der Waals surface area contributed by atoms with Crippen molar-refractivity contribution in [3.8, 4) is 5.75 Å². The maximum Gasteiger partial charge on any atom is 0.573 e. The molecule has 0 saturated heterocycles. The van der Waals surface area contributed by atoms with E-state index in [0.717, 1.165) is 6.07 Å². The Morgan fingerprint density at radius 1 is 1.28 bits per heavy atom. The van der Waals surface area contributed by atoms with Crippen LogP contribution in [0.5, 0.6) is 5.75 Å². The molecule has 1 N–H and O–H groups in total. The van der Waals surface area contributed by atoms with Crippen molar-refractivity contribution in [1.82, 2.24) is 4.72 Å². The van der Waals surface area contributed by atoms with Crippen molar-refractivity contribution in [2.24, 2.45) is 0 Å². The molecular formula is C9H9BrF3NO3S. The van der Waals surface area contributed by atoms with Gasteiger partial charge in [0.05, 0.1) is 0 Å². The molecule has 0 saturated carbocycles. The van der Waals surface area contributed by atoms with Crippen LogP contribution in [0.2, 0.25) is 0 Å². The summed E-state index contributed by atoms with van der Waals surface area (Å²) in [5, 5.41) is 0. The Labute approximate surface area is 110 Å². The predicted molar refractivity (Wildman–Crippen MR) is 62.7 cm³/mol. The molecule has 0 aliphatic rings. The van der Waals surface area contributed by atoms with Gasteiger partial charge in [0.2, 0.25) is 10.0 Å². The Morgan fingerprint density at radius 3 is 2.44 bits per heavy atom. The number of halogens is 4. The van der Waals surface area contributed by atoms with Crippen LogP contribution in [0.1, 0.15) is 5.56 Å². The smallest absolute Gasteiger partial charge is 0.405 e. The zero-order valence-electron chi connectivity index (χ0n) is 8.87. The fraction of sp³-hybridized carbons (Fsp3) is 0.333. The van der Waals surface area contributed by atoms with Crippen molar-refractivity contribution in [3.05, 3.63) is 29.8 Å². The second-order valence-electron chi connectivity index (χ2n) is 3.20. The summed E-state index contributed by atoms with van der Waals surface area (Å²) in [6.07, 6.45) is -4.82. The molecule has 0 fully saturated rings. The maximum absolute atomic E-state index is 12.1. The van der Waals surface area contributed by atoms with Gasteiger partial charge in [-0.2, -0.15) is 0 Å². The van der Waals surface area contributed by atoms with E-state index in [9.17, 15) is 21.6 Å². The summed E-state index contributed by atoms with van der Waals surface area (Å²) in [5.41, 5.74) is 0.0966. The van der Waals surface area contributed by atoms with Gasteiger partial charge in [-0.1, -0.05) is 34.1 Å². The molecular weight excluding hydrogens is 339 g/mol. The molecule has 0 heterocycles. The number of benzene rings is 1. The van der Waals surface area contributed by atoms with Gasteiger partial charge in [-0.15, -0.1) is 13.2 Å². The SMILES string of the molecule is O=S(=O)(CBr)NCc1ccccc1OC(F)(F)F. The van der Waals surface area contributed by atoms with Gasteiger partial charge in [0.25, 0.3) is 0 Å². The Bertz CT molecular complexity index is 504. The summed E-state index contributed by atoms with van der Waals surface area (Å²) in [4.78, 5) is 0. The fourth-order valence-corrected chi connectivity index (χ4v) is 2.04. The van der Waals surface area contributed by atoms with Gasteiger partial charge >= 0.3 is 6.36 Å². The van der Waals surface area contributed by atoms with E-state index in [-0.39, 0.29) is 16.8 Å². The number of para-hydroxylation sites is 1. The van der Waals surface area contributed by atoms with Crippen LogP contribution in [0.4, 0.5) is 13.2 Å². The van der Waals surface area contributed by atoms with Gasteiger partial charge in [0.15, 0.2) is 0 Å². The van der Waals surface area contributed by atoms with Gasteiger partial charge in [0.1, 0.15) is 10.4 Å². The van der Waals surface area contributed by atoms with Gasteiger partial charge < -0.3 is 4.74 Å². The molecule has 0 bridgehead atoms. The molecule has 18 heavy (non-hydrogen) atoms. The van der Waals surface area contributed by atoms with Gasteiger partial charge in [-0.05, 0) is 6.07 Å². The normalized spacial score (nSPS) is 12.4. The van der Waals surface area contributed by atoms with E-state index in [2.05, 4.69) is 25.4 Å². The average molecular weight is 348 g/mol. The maximum atomic E-state index is 12.1. The van der Waals surface area contributed by atoms with Gasteiger partial charge in [-0.3, -0.25) is 0 Å². The van der Waals surface area contributed by atoms with Crippen LogP contribution in [0.25, 0.3) is 0 Å². The Balaban J connectivity index is 2.83. The third-order valence-corrected chi connectivity index (χ3v) is 4.50. The average Bonchev–Trinajstić information content (AvgIpc) is 2.26. The van der Waals surface area contributed by atoms with Crippen LogP contribution < -0.4 is 9.46 Å². The molecule has 9 heteroatoms.